The number of aromatic nitrogens is 2. The van der Waals surface area contributed by atoms with Crippen molar-refractivity contribution < 1.29 is 4.79 Å². The number of nitrogens with one attached hydrogen (secondary N) is 1. The average Bonchev–Trinajstić information content (AvgIpc) is 2.51. The van der Waals surface area contributed by atoms with Crippen molar-refractivity contribution in [3.8, 4) is 0 Å². The van der Waals surface area contributed by atoms with Gasteiger partial charge in [0.2, 0.25) is 11.9 Å². The minimum absolute atomic E-state index is 0.0727. The summed E-state index contributed by atoms with van der Waals surface area (Å²) in [6, 6.07) is 6.37. The second-order valence-corrected chi connectivity index (χ2v) is 6.31. The van der Waals surface area contributed by atoms with E-state index in [9.17, 15) is 4.79 Å². The van der Waals surface area contributed by atoms with Gasteiger partial charge in [0.25, 0.3) is 0 Å². The molecule has 1 aliphatic carbocycles. The highest BCUT2D eigenvalue weighted by atomic mass is 16.1. The van der Waals surface area contributed by atoms with Gasteiger partial charge in [0.15, 0.2) is 0 Å². The quantitative estimate of drug-likeness (QED) is 0.907. The molecule has 1 heterocycles. The maximum atomic E-state index is 12.3. The molecule has 1 atom stereocenters. The van der Waals surface area contributed by atoms with Gasteiger partial charge in [-0.1, -0.05) is 23.8 Å². The van der Waals surface area contributed by atoms with Crippen molar-refractivity contribution in [3.05, 3.63) is 52.3 Å². The molecule has 2 aromatic rings. The first-order valence-electron chi connectivity index (χ1n) is 7.97. The molecule has 0 bridgehead atoms. The molecule has 0 aliphatic heterocycles. The summed E-state index contributed by atoms with van der Waals surface area (Å²) in [5.74, 6) is 0.393. The number of aryl methyl sites for hydroxylation is 3. The third-order valence-corrected chi connectivity index (χ3v) is 4.39. The summed E-state index contributed by atoms with van der Waals surface area (Å²) in [7, 11) is 0. The van der Waals surface area contributed by atoms with E-state index in [2.05, 4.69) is 33.5 Å². The number of hydrogen-bond donors (Lipinski definition) is 2. The molecule has 0 spiro atoms. The number of benzene rings is 1. The van der Waals surface area contributed by atoms with Crippen LogP contribution in [0.4, 0.5) is 5.95 Å². The number of nitrogens with zero attached hydrogens (tertiary/aromatic N) is 2. The predicted octanol–water partition coefficient (Wildman–Crippen LogP) is 1.89. The average molecular weight is 310 g/mol. The van der Waals surface area contributed by atoms with E-state index in [1.165, 1.54) is 5.56 Å². The van der Waals surface area contributed by atoms with Crippen molar-refractivity contribution >= 4 is 11.9 Å². The minimum atomic E-state index is 0.0727. The Labute approximate surface area is 136 Å². The van der Waals surface area contributed by atoms with Crippen LogP contribution in [0.1, 0.15) is 34.4 Å². The molecule has 1 aromatic heterocycles. The molecule has 3 N–H and O–H groups in total. The van der Waals surface area contributed by atoms with Crippen LogP contribution in [-0.4, -0.2) is 21.9 Å². The van der Waals surface area contributed by atoms with Crippen LogP contribution >= 0.6 is 0 Å². The van der Waals surface area contributed by atoms with Crippen molar-refractivity contribution in [1.82, 2.24) is 15.3 Å². The standard InChI is InChI=1S/C18H22N4O/c1-11-3-4-12(2)13(7-11)9-17(23)21-15-5-6-16-14(8-15)10-20-18(19)22-16/h3-4,7,10,15H,5-6,8-9H2,1-2H3,(H,21,23)(H2,19,20,22). The van der Waals surface area contributed by atoms with Crippen LogP contribution in [-0.2, 0) is 24.1 Å². The molecule has 23 heavy (non-hydrogen) atoms. The number of fused-ring (bicyclic) bond motifs is 1. The summed E-state index contributed by atoms with van der Waals surface area (Å²) < 4.78 is 0. The number of rotatable bonds is 3. The van der Waals surface area contributed by atoms with E-state index in [1.807, 2.05) is 13.8 Å². The maximum Gasteiger partial charge on any atom is 0.224 e. The second kappa shape index (κ2) is 6.36. The van der Waals surface area contributed by atoms with E-state index >= 15 is 0 Å². The second-order valence-electron chi connectivity index (χ2n) is 6.31. The SMILES string of the molecule is Cc1ccc(C)c(CC(=O)NC2CCc3nc(N)ncc3C2)c1. The Hall–Kier alpha value is -2.43. The molecular formula is C18H22N4O. The molecule has 1 amide bonds. The Morgan fingerprint density at radius 2 is 2.22 bits per heavy atom. The zero-order valence-electron chi connectivity index (χ0n) is 13.6. The third-order valence-electron chi connectivity index (χ3n) is 4.39. The van der Waals surface area contributed by atoms with Gasteiger partial charge in [0.1, 0.15) is 0 Å². The van der Waals surface area contributed by atoms with E-state index in [1.54, 1.807) is 6.20 Å². The molecule has 0 saturated carbocycles. The summed E-state index contributed by atoms with van der Waals surface area (Å²) in [6.45, 7) is 4.09. The smallest absolute Gasteiger partial charge is 0.224 e. The van der Waals surface area contributed by atoms with Crippen molar-refractivity contribution in [2.45, 2.75) is 45.6 Å². The van der Waals surface area contributed by atoms with E-state index in [0.717, 1.165) is 41.6 Å². The number of nitrogens with two attached hydrogens (primary N) is 1. The number of carbonyl (C=O) groups excluding carboxylic acids is 1. The number of anilines is 1. The van der Waals surface area contributed by atoms with Gasteiger partial charge in [-0.3, -0.25) is 4.79 Å². The van der Waals surface area contributed by atoms with E-state index < -0.39 is 0 Å². The molecule has 5 heteroatoms. The van der Waals surface area contributed by atoms with Crippen molar-refractivity contribution in [2.24, 2.45) is 0 Å². The number of carbonyl (C=O) groups is 1. The molecule has 0 fully saturated rings. The lowest BCUT2D eigenvalue weighted by molar-refractivity contribution is -0.121. The van der Waals surface area contributed by atoms with Crippen molar-refractivity contribution in [2.75, 3.05) is 5.73 Å². The summed E-state index contributed by atoms with van der Waals surface area (Å²) in [4.78, 5) is 20.7. The minimum Gasteiger partial charge on any atom is -0.368 e. The Balaban J connectivity index is 1.63. The molecule has 0 radical (unpaired) electrons. The van der Waals surface area contributed by atoms with Crippen LogP contribution in [0, 0.1) is 13.8 Å². The molecule has 5 nitrogen and oxygen atoms in total. The summed E-state index contributed by atoms with van der Waals surface area (Å²) in [5, 5.41) is 3.14. The number of nitrogen functional groups attached to an aromatic ring is 1. The van der Waals surface area contributed by atoms with Gasteiger partial charge in [-0.05, 0) is 49.8 Å². The van der Waals surface area contributed by atoms with E-state index in [-0.39, 0.29) is 11.9 Å². The Kier molecular flexibility index (Phi) is 4.28. The van der Waals surface area contributed by atoms with E-state index in [0.29, 0.717) is 12.4 Å². The van der Waals surface area contributed by atoms with Gasteiger partial charge in [-0.25, -0.2) is 9.97 Å². The Morgan fingerprint density at radius 3 is 3.04 bits per heavy atom. The first-order valence-corrected chi connectivity index (χ1v) is 7.97. The van der Waals surface area contributed by atoms with Crippen LogP contribution in [0.5, 0.6) is 0 Å². The highest BCUT2D eigenvalue weighted by Gasteiger charge is 2.22. The largest absolute Gasteiger partial charge is 0.368 e. The summed E-state index contributed by atoms with van der Waals surface area (Å²) in [6.07, 6.45) is 4.70. The normalized spacial score (nSPS) is 16.7. The lowest BCUT2D eigenvalue weighted by atomic mass is 9.92. The zero-order chi connectivity index (χ0) is 16.4. The highest BCUT2D eigenvalue weighted by molar-refractivity contribution is 5.79. The molecule has 1 aliphatic rings. The van der Waals surface area contributed by atoms with E-state index in [4.69, 9.17) is 5.73 Å². The van der Waals surface area contributed by atoms with Gasteiger partial charge >= 0.3 is 0 Å². The van der Waals surface area contributed by atoms with Crippen LogP contribution in [0.2, 0.25) is 0 Å². The van der Waals surface area contributed by atoms with Gasteiger partial charge < -0.3 is 11.1 Å². The van der Waals surface area contributed by atoms with Gasteiger partial charge in [-0.15, -0.1) is 0 Å². The molecular weight excluding hydrogens is 288 g/mol. The summed E-state index contributed by atoms with van der Waals surface area (Å²) >= 11 is 0. The fraction of sp³-hybridized carbons (Fsp3) is 0.389. The van der Waals surface area contributed by atoms with Gasteiger partial charge in [0.05, 0.1) is 6.42 Å². The molecule has 3 rings (SSSR count). The lowest BCUT2D eigenvalue weighted by Crippen LogP contribution is -2.40. The molecule has 1 aromatic carbocycles. The molecule has 120 valence electrons. The highest BCUT2D eigenvalue weighted by Crippen LogP contribution is 2.20. The zero-order valence-corrected chi connectivity index (χ0v) is 13.6. The van der Waals surface area contributed by atoms with Crippen LogP contribution in [0.25, 0.3) is 0 Å². The first kappa shape index (κ1) is 15.5. The Bertz CT molecular complexity index is 742. The first-order chi connectivity index (χ1) is 11.0. The maximum absolute atomic E-state index is 12.3. The fourth-order valence-electron chi connectivity index (χ4n) is 3.09. The van der Waals surface area contributed by atoms with Crippen LogP contribution < -0.4 is 11.1 Å². The molecule has 0 saturated heterocycles. The van der Waals surface area contributed by atoms with Gasteiger partial charge in [0, 0.05) is 17.9 Å². The predicted molar refractivity (Wildman–Crippen MR) is 90.0 cm³/mol. The van der Waals surface area contributed by atoms with Gasteiger partial charge in [-0.2, -0.15) is 0 Å². The molecule has 1 unspecified atom stereocenters. The monoisotopic (exact) mass is 310 g/mol. The number of amides is 1. The van der Waals surface area contributed by atoms with Crippen LogP contribution in [0.3, 0.4) is 0 Å². The lowest BCUT2D eigenvalue weighted by Gasteiger charge is -2.24. The van der Waals surface area contributed by atoms with Crippen LogP contribution in [0.15, 0.2) is 24.4 Å². The topological polar surface area (TPSA) is 80.9 Å². The van der Waals surface area contributed by atoms with Crippen molar-refractivity contribution in [1.29, 1.82) is 0 Å². The third kappa shape index (κ3) is 3.67. The summed E-state index contributed by atoms with van der Waals surface area (Å²) in [5.41, 5.74) is 11.1. The van der Waals surface area contributed by atoms with Crippen molar-refractivity contribution in [3.63, 3.8) is 0 Å². The number of hydrogen-bond acceptors (Lipinski definition) is 4. The Morgan fingerprint density at radius 1 is 1.39 bits per heavy atom. The fourth-order valence-corrected chi connectivity index (χ4v) is 3.09.